The van der Waals surface area contributed by atoms with Crippen molar-refractivity contribution >= 4 is 11.6 Å². The zero-order valence-corrected chi connectivity index (χ0v) is 11.1. The highest BCUT2D eigenvalue weighted by Gasteiger charge is 2.26. The Morgan fingerprint density at radius 3 is 2.89 bits per heavy atom. The van der Waals surface area contributed by atoms with E-state index >= 15 is 0 Å². The van der Waals surface area contributed by atoms with Gasteiger partial charge in [-0.05, 0) is 25.2 Å². The maximum Gasteiger partial charge on any atom is 0.137 e. The molecule has 1 aliphatic heterocycles. The van der Waals surface area contributed by atoms with E-state index in [1.54, 1.807) is 0 Å². The zero-order chi connectivity index (χ0) is 13.1. The van der Waals surface area contributed by atoms with E-state index in [0.29, 0.717) is 5.82 Å². The minimum absolute atomic E-state index is 0.158. The van der Waals surface area contributed by atoms with Crippen LogP contribution in [0.15, 0.2) is 6.33 Å². The molecule has 0 radical (unpaired) electrons. The van der Waals surface area contributed by atoms with Crippen molar-refractivity contribution in [2.75, 3.05) is 23.8 Å². The first-order valence-corrected chi connectivity index (χ1v) is 6.63. The molecule has 1 aromatic rings. The predicted octanol–water partition coefficient (Wildman–Crippen LogP) is 1.53. The molecule has 0 saturated carbocycles. The van der Waals surface area contributed by atoms with Gasteiger partial charge in [0, 0.05) is 12.1 Å². The zero-order valence-electron chi connectivity index (χ0n) is 11.1. The van der Waals surface area contributed by atoms with E-state index in [-0.39, 0.29) is 18.6 Å². The van der Waals surface area contributed by atoms with E-state index in [9.17, 15) is 5.11 Å². The molecular formula is C13H22N4O. The number of aromatic nitrogens is 2. The molecule has 0 amide bonds. The fourth-order valence-electron chi connectivity index (χ4n) is 2.65. The lowest BCUT2D eigenvalue weighted by atomic mass is 9.99. The van der Waals surface area contributed by atoms with Crippen molar-refractivity contribution in [1.82, 2.24) is 9.97 Å². The number of nitrogens with two attached hydrogens (primary N) is 1. The summed E-state index contributed by atoms with van der Waals surface area (Å²) in [4.78, 5) is 10.7. The fraction of sp³-hybridized carbons (Fsp3) is 0.692. The normalized spacial score (nSPS) is 20.4. The standard InChI is InChI=1S/C13H22N4O/c1-9(2)11-12(14)15-8-16-13(11)17-6-4-3-5-10(17)7-18/h8-10,18H,3-7H2,1-2H3,(H2,14,15,16). The van der Waals surface area contributed by atoms with E-state index < -0.39 is 0 Å². The van der Waals surface area contributed by atoms with Crippen LogP contribution in [-0.4, -0.2) is 34.3 Å². The Balaban J connectivity index is 2.39. The highest BCUT2D eigenvalue weighted by atomic mass is 16.3. The van der Waals surface area contributed by atoms with Crippen LogP contribution in [0.25, 0.3) is 0 Å². The molecule has 1 fully saturated rings. The highest BCUT2D eigenvalue weighted by molar-refractivity contribution is 5.58. The Morgan fingerprint density at radius 2 is 2.22 bits per heavy atom. The van der Waals surface area contributed by atoms with Crippen LogP contribution < -0.4 is 10.6 Å². The maximum atomic E-state index is 9.51. The summed E-state index contributed by atoms with van der Waals surface area (Å²) in [5.41, 5.74) is 6.97. The lowest BCUT2D eigenvalue weighted by Crippen LogP contribution is -2.43. The number of nitrogens with zero attached hydrogens (tertiary/aromatic N) is 3. The van der Waals surface area contributed by atoms with Gasteiger partial charge in [-0.15, -0.1) is 0 Å². The second-order valence-electron chi connectivity index (χ2n) is 5.18. The Kier molecular flexibility index (Phi) is 4.01. The van der Waals surface area contributed by atoms with Crippen molar-refractivity contribution in [3.63, 3.8) is 0 Å². The summed E-state index contributed by atoms with van der Waals surface area (Å²) < 4.78 is 0. The summed E-state index contributed by atoms with van der Waals surface area (Å²) in [6.07, 6.45) is 4.83. The van der Waals surface area contributed by atoms with Gasteiger partial charge in [0.2, 0.25) is 0 Å². The van der Waals surface area contributed by atoms with Crippen molar-refractivity contribution in [2.24, 2.45) is 0 Å². The Hall–Kier alpha value is -1.36. The summed E-state index contributed by atoms with van der Waals surface area (Å²) in [6, 6.07) is 0.158. The van der Waals surface area contributed by atoms with Gasteiger partial charge in [0.15, 0.2) is 0 Å². The molecule has 3 N–H and O–H groups in total. The van der Waals surface area contributed by atoms with Gasteiger partial charge in [-0.1, -0.05) is 13.8 Å². The Bertz CT molecular complexity index is 408. The van der Waals surface area contributed by atoms with Crippen LogP contribution in [0.3, 0.4) is 0 Å². The molecule has 0 spiro atoms. The molecule has 2 heterocycles. The van der Waals surface area contributed by atoms with Crippen molar-refractivity contribution in [1.29, 1.82) is 0 Å². The number of hydrogen-bond donors (Lipinski definition) is 2. The van der Waals surface area contributed by atoms with Crippen molar-refractivity contribution in [3.8, 4) is 0 Å². The number of piperidine rings is 1. The molecule has 0 bridgehead atoms. The third-order valence-corrected chi connectivity index (χ3v) is 3.58. The second-order valence-corrected chi connectivity index (χ2v) is 5.18. The molecular weight excluding hydrogens is 228 g/mol. The molecule has 18 heavy (non-hydrogen) atoms. The summed E-state index contributed by atoms with van der Waals surface area (Å²) in [6.45, 7) is 5.29. The predicted molar refractivity (Wildman–Crippen MR) is 72.6 cm³/mol. The highest BCUT2D eigenvalue weighted by Crippen LogP contribution is 2.32. The van der Waals surface area contributed by atoms with Crippen molar-refractivity contribution in [2.45, 2.75) is 45.1 Å². The third kappa shape index (κ3) is 2.41. The van der Waals surface area contributed by atoms with Gasteiger partial charge in [-0.3, -0.25) is 0 Å². The van der Waals surface area contributed by atoms with Crippen LogP contribution in [-0.2, 0) is 0 Å². The van der Waals surface area contributed by atoms with Crippen molar-refractivity contribution in [3.05, 3.63) is 11.9 Å². The molecule has 1 aromatic heterocycles. The van der Waals surface area contributed by atoms with Crippen LogP contribution in [0.4, 0.5) is 11.6 Å². The lowest BCUT2D eigenvalue weighted by Gasteiger charge is -2.37. The summed E-state index contributed by atoms with van der Waals surface area (Å²) >= 11 is 0. The van der Waals surface area contributed by atoms with Gasteiger partial charge in [0.1, 0.15) is 18.0 Å². The number of aliphatic hydroxyl groups excluding tert-OH is 1. The van der Waals surface area contributed by atoms with Gasteiger partial charge < -0.3 is 15.7 Å². The van der Waals surface area contributed by atoms with Crippen LogP contribution >= 0.6 is 0 Å². The minimum atomic E-state index is 0.158. The average molecular weight is 250 g/mol. The number of hydrogen-bond acceptors (Lipinski definition) is 5. The first-order chi connectivity index (χ1) is 8.65. The monoisotopic (exact) mass is 250 g/mol. The number of anilines is 2. The smallest absolute Gasteiger partial charge is 0.137 e. The molecule has 1 aliphatic rings. The fourth-order valence-corrected chi connectivity index (χ4v) is 2.65. The largest absolute Gasteiger partial charge is 0.394 e. The quantitative estimate of drug-likeness (QED) is 0.851. The van der Waals surface area contributed by atoms with Gasteiger partial charge in [-0.25, -0.2) is 9.97 Å². The Morgan fingerprint density at radius 1 is 1.44 bits per heavy atom. The molecule has 1 unspecified atom stereocenters. The van der Waals surface area contributed by atoms with E-state index in [0.717, 1.165) is 30.8 Å². The molecule has 5 nitrogen and oxygen atoms in total. The van der Waals surface area contributed by atoms with Gasteiger partial charge in [-0.2, -0.15) is 0 Å². The van der Waals surface area contributed by atoms with E-state index in [2.05, 4.69) is 28.7 Å². The second kappa shape index (κ2) is 5.52. The van der Waals surface area contributed by atoms with E-state index in [4.69, 9.17) is 5.73 Å². The first-order valence-electron chi connectivity index (χ1n) is 6.63. The number of nitrogen functional groups attached to an aromatic ring is 1. The molecule has 1 saturated heterocycles. The first kappa shape index (κ1) is 13.1. The molecule has 100 valence electrons. The lowest BCUT2D eigenvalue weighted by molar-refractivity contribution is 0.239. The average Bonchev–Trinajstić information content (AvgIpc) is 2.38. The molecule has 1 atom stereocenters. The number of rotatable bonds is 3. The molecule has 2 rings (SSSR count). The van der Waals surface area contributed by atoms with E-state index in [1.165, 1.54) is 12.7 Å². The summed E-state index contributed by atoms with van der Waals surface area (Å²) in [5, 5.41) is 9.51. The SMILES string of the molecule is CC(C)c1c(N)ncnc1N1CCCCC1CO. The van der Waals surface area contributed by atoms with Crippen LogP contribution in [0.5, 0.6) is 0 Å². The third-order valence-electron chi connectivity index (χ3n) is 3.58. The van der Waals surface area contributed by atoms with Crippen molar-refractivity contribution < 1.29 is 5.11 Å². The van der Waals surface area contributed by atoms with Crippen LogP contribution in [0.2, 0.25) is 0 Å². The summed E-state index contributed by atoms with van der Waals surface area (Å²) in [7, 11) is 0. The molecule has 5 heteroatoms. The van der Waals surface area contributed by atoms with E-state index in [1.807, 2.05) is 0 Å². The summed E-state index contributed by atoms with van der Waals surface area (Å²) in [5.74, 6) is 1.73. The molecule has 0 aliphatic carbocycles. The van der Waals surface area contributed by atoms with Crippen LogP contribution in [0, 0.1) is 0 Å². The number of aliphatic hydroxyl groups is 1. The van der Waals surface area contributed by atoms with Gasteiger partial charge in [0.25, 0.3) is 0 Å². The minimum Gasteiger partial charge on any atom is -0.394 e. The van der Waals surface area contributed by atoms with Crippen LogP contribution in [0.1, 0.15) is 44.6 Å². The van der Waals surface area contributed by atoms with Gasteiger partial charge >= 0.3 is 0 Å². The Labute approximate surface area is 108 Å². The molecule has 0 aromatic carbocycles. The van der Waals surface area contributed by atoms with Gasteiger partial charge in [0.05, 0.1) is 12.6 Å². The topological polar surface area (TPSA) is 75.3 Å². The maximum absolute atomic E-state index is 9.51.